The van der Waals surface area contributed by atoms with Gasteiger partial charge < -0.3 is 5.32 Å². The van der Waals surface area contributed by atoms with E-state index in [-0.39, 0.29) is 0 Å². The molecule has 6 unspecified atom stereocenters. The normalized spacial score (nSPS) is 51.2. The van der Waals surface area contributed by atoms with Crippen molar-refractivity contribution in [1.29, 1.82) is 0 Å². The van der Waals surface area contributed by atoms with Gasteiger partial charge in [-0.15, -0.1) is 8.58 Å². The van der Waals surface area contributed by atoms with Crippen LogP contribution in [0.5, 0.6) is 0 Å². The summed E-state index contributed by atoms with van der Waals surface area (Å²) < 4.78 is 0. The second-order valence-corrected chi connectivity index (χ2v) is 8.92. The zero-order valence-corrected chi connectivity index (χ0v) is 13.2. The van der Waals surface area contributed by atoms with E-state index in [1.807, 2.05) is 0 Å². The zero-order chi connectivity index (χ0) is 12.7. The van der Waals surface area contributed by atoms with E-state index in [1.54, 1.807) is 38.5 Å². The number of rotatable bonds is 2. The second-order valence-electron chi connectivity index (χ2n) is 7.66. The topological polar surface area (TPSA) is 12.0 Å². The summed E-state index contributed by atoms with van der Waals surface area (Å²) in [4.78, 5) is 0. The molecule has 2 heteroatoms. The molecule has 4 fully saturated rings. The quantitative estimate of drug-likeness (QED) is 0.746. The average Bonchev–Trinajstić information content (AvgIpc) is 3.08. The first-order valence-electron chi connectivity index (χ1n) is 8.87. The molecular formula is C17H30NP. The molecule has 108 valence electrons. The maximum Gasteiger partial charge on any atom is 0.0130 e. The molecule has 0 aromatic carbocycles. The summed E-state index contributed by atoms with van der Waals surface area (Å²) in [5.74, 6) is 5.66. The van der Waals surface area contributed by atoms with Gasteiger partial charge in [-0.3, -0.25) is 0 Å². The minimum absolute atomic E-state index is 0.895. The lowest BCUT2D eigenvalue weighted by molar-refractivity contribution is 0.184. The van der Waals surface area contributed by atoms with Gasteiger partial charge in [0.05, 0.1) is 0 Å². The smallest absolute Gasteiger partial charge is 0.0130 e. The Labute approximate surface area is 120 Å². The van der Waals surface area contributed by atoms with Crippen molar-refractivity contribution in [2.45, 2.75) is 63.8 Å². The molecular weight excluding hydrogens is 249 g/mol. The summed E-state index contributed by atoms with van der Waals surface area (Å²) in [6, 6.07) is 0.895. The van der Waals surface area contributed by atoms with Gasteiger partial charge >= 0.3 is 0 Å². The molecule has 1 aliphatic heterocycles. The lowest BCUT2D eigenvalue weighted by Crippen LogP contribution is -2.31. The predicted octanol–water partition coefficient (Wildman–Crippen LogP) is 4.23. The van der Waals surface area contributed by atoms with Gasteiger partial charge in [0.15, 0.2) is 0 Å². The van der Waals surface area contributed by atoms with E-state index < -0.39 is 0 Å². The van der Waals surface area contributed by atoms with Crippen molar-refractivity contribution in [2.75, 3.05) is 12.4 Å². The monoisotopic (exact) mass is 279 g/mol. The Kier molecular flexibility index (Phi) is 3.89. The molecule has 6 atom stereocenters. The van der Waals surface area contributed by atoms with Crippen molar-refractivity contribution in [3.8, 4) is 0 Å². The van der Waals surface area contributed by atoms with Gasteiger partial charge in [0, 0.05) is 12.3 Å². The van der Waals surface area contributed by atoms with Crippen molar-refractivity contribution >= 4 is 8.58 Å². The van der Waals surface area contributed by atoms with Gasteiger partial charge in [0.25, 0.3) is 0 Å². The molecule has 0 radical (unpaired) electrons. The van der Waals surface area contributed by atoms with Crippen molar-refractivity contribution in [3.05, 3.63) is 0 Å². The molecule has 4 aliphatic rings. The number of hydrogen-bond acceptors (Lipinski definition) is 1. The zero-order valence-electron chi connectivity index (χ0n) is 12.2. The first-order valence-corrected chi connectivity index (χ1v) is 10.3. The Morgan fingerprint density at radius 1 is 0.789 bits per heavy atom. The van der Waals surface area contributed by atoms with Crippen LogP contribution in [0.25, 0.3) is 0 Å². The van der Waals surface area contributed by atoms with Crippen LogP contribution in [-0.4, -0.2) is 18.5 Å². The van der Waals surface area contributed by atoms with Crippen LogP contribution in [0.1, 0.15) is 57.8 Å². The molecule has 1 saturated heterocycles. The molecule has 0 aromatic rings. The molecule has 1 heterocycles. The maximum atomic E-state index is 3.79. The standard InChI is InChI=1S/C17H30NP/c1-3-7-15-13(5-1)14-6-2-4-8-16(14)17(15)9-12-10-19-11-18-12/h12-19H,1-11H2. The summed E-state index contributed by atoms with van der Waals surface area (Å²) >= 11 is 0. The van der Waals surface area contributed by atoms with Gasteiger partial charge in [-0.2, -0.15) is 0 Å². The lowest BCUT2D eigenvalue weighted by Gasteiger charge is -2.32. The van der Waals surface area contributed by atoms with Gasteiger partial charge in [-0.1, -0.05) is 25.7 Å². The molecule has 4 rings (SSSR count). The minimum atomic E-state index is 0.895. The molecule has 3 aliphatic carbocycles. The van der Waals surface area contributed by atoms with Crippen LogP contribution in [0.4, 0.5) is 0 Å². The minimum Gasteiger partial charge on any atom is -0.310 e. The van der Waals surface area contributed by atoms with Gasteiger partial charge in [0.1, 0.15) is 0 Å². The highest BCUT2D eigenvalue weighted by atomic mass is 31.1. The van der Waals surface area contributed by atoms with Crippen LogP contribution >= 0.6 is 8.58 Å². The summed E-state index contributed by atoms with van der Waals surface area (Å²) in [7, 11) is 1.20. The van der Waals surface area contributed by atoms with Crippen LogP contribution in [-0.2, 0) is 0 Å². The van der Waals surface area contributed by atoms with Crippen LogP contribution in [0, 0.1) is 29.6 Å². The van der Waals surface area contributed by atoms with E-state index in [2.05, 4.69) is 5.32 Å². The van der Waals surface area contributed by atoms with Crippen molar-refractivity contribution in [3.63, 3.8) is 0 Å². The van der Waals surface area contributed by atoms with E-state index in [0.717, 1.165) is 35.6 Å². The summed E-state index contributed by atoms with van der Waals surface area (Å²) in [6.45, 7) is 0. The highest BCUT2D eigenvalue weighted by Gasteiger charge is 2.51. The first kappa shape index (κ1) is 13.1. The van der Waals surface area contributed by atoms with Crippen molar-refractivity contribution in [2.24, 2.45) is 29.6 Å². The predicted molar refractivity (Wildman–Crippen MR) is 84.0 cm³/mol. The lowest BCUT2D eigenvalue weighted by atomic mass is 9.73. The Morgan fingerprint density at radius 3 is 1.89 bits per heavy atom. The second kappa shape index (κ2) is 5.64. The SMILES string of the molecule is C1CCC2C(C1)C1CCCCC1C2CC1CPCN1. The third kappa shape index (κ3) is 2.40. The Morgan fingerprint density at radius 2 is 1.37 bits per heavy atom. The highest BCUT2D eigenvalue weighted by molar-refractivity contribution is 7.38. The van der Waals surface area contributed by atoms with E-state index >= 15 is 0 Å². The van der Waals surface area contributed by atoms with Crippen molar-refractivity contribution < 1.29 is 0 Å². The summed E-state index contributed by atoms with van der Waals surface area (Å²) in [6.07, 6.45) is 16.8. The maximum absolute atomic E-state index is 3.79. The van der Waals surface area contributed by atoms with Gasteiger partial charge in [-0.05, 0) is 67.9 Å². The average molecular weight is 279 g/mol. The molecule has 0 aromatic heterocycles. The Balaban J connectivity index is 1.52. The van der Waals surface area contributed by atoms with E-state index in [1.165, 1.54) is 40.3 Å². The molecule has 19 heavy (non-hydrogen) atoms. The van der Waals surface area contributed by atoms with Crippen molar-refractivity contribution in [1.82, 2.24) is 5.32 Å². The van der Waals surface area contributed by atoms with E-state index in [9.17, 15) is 0 Å². The first-order chi connectivity index (χ1) is 9.43. The number of fused-ring (bicyclic) bond motifs is 3. The summed E-state index contributed by atoms with van der Waals surface area (Å²) in [5, 5.41) is 3.79. The van der Waals surface area contributed by atoms with Crippen LogP contribution < -0.4 is 5.32 Å². The highest BCUT2D eigenvalue weighted by Crippen LogP contribution is 2.58. The third-order valence-electron chi connectivity index (χ3n) is 6.86. The molecule has 1 N–H and O–H groups in total. The fourth-order valence-corrected chi connectivity index (χ4v) is 7.44. The largest absolute Gasteiger partial charge is 0.310 e. The van der Waals surface area contributed by atoms with E-state index in [0.29, 0.717) is 0 Å². The summed E-state index contributed by atoms with van der Waals surface area (Å²) in [5.41, 5.74) is 0. The number of nitrogens with one attached hydrogen (secondary N) is 1. The Bertz CT molecular complexity index is 290. The third-order valence-corrected chi connectivity index (χ3v) is 8.10. The molecule has 1 nitrogen and oxygen atoms in total. The molecule has 0 bridgehead atoms. The molecule has 0 spiro atoms. The molecule has 3 saturated carbocycles. The van der Waals surface area contributed by atoms with E-state index in [4.69, 9.17) is 0 Å². The Hall–Kier alpha value is 0.390. The fourth-order valence-electron chi connectivity index (χ4n) is 6.20. The van der Waals surface area contributed by atoms with Gasteiger partial charge in [-0.25, -0.2) is 0 Å². The fraction of sp³-hybridized carbons (Fsp3) is 1.00. The van der Waals surface area contributed by atoms with Gasteiger partial charge in [0.2, 0.25) is 0 Å². The van der Waals surface area contributed by atoms with Crippen LogP contribution in [0.2, 0.25) is 0 Å². The van der Waals surface area contributed by atoms with Crippen LogP contribution in [0.3, 0.4) is 0 Å². The molecule has 0 amide bonds. The van der Waals surface area contributed by atoms with Crippen LogP contribution in [0.15, 0.2) is 0 Å². The number of hydrogen-bond donors (Lipinski definition) is 1.